The minimum Gasteiger partial charge on any atom is -0.462 e. The molecule has 1 aliphatic carbocycles. The third-order valence-corrected chi connectivity index (χ3v) is 10.6. The van der Waals surface area contributed by atoms with Crippen LogP contribution in [-0.2, 0) is 9.53 Å². The molecule has 1 saturated carbocycles. The SMILES string of the molecule is C[Si](C)(C)C(Sc1ccccc1)C1C(=O)O[C@@H]2CCCC[C@@H]12. The van der Waals surface area contributed by atoms with Gasteiger partial charge in [0.15, 0.2) is 0 Å². The van der Waals surface area contributed by atoms with Gasteiger partial charge in [-0.1, -0.05) is 44.3 Å². The Morgan fingerprint density at radius 1 is 1.14 bits per heavy atom. The van der Waals surface area contributed by atoms with Crippen LogP contribution in [0.3, 0.4) is 0 Å². The molecule has 1 heterocycles. The van der Waals surface area contributed by atoms with E-state index in [0.29, 0.717) is 10.8 Å². The van der Waals surface area contributed by atoms with E-state index >= 15 is 0 Å². The quantitative estimate of drug-likeness (QED) is 0.451. The van der Waals surface area contributed by atoms with Gasteiger partial charge in [0.05, 0.1) is 14.0 Å². The van der Waals surface area contributed by atoms with Gasteiger partial charge >= 0.3 is 5.97 Å². The van der Waals surface area contributed by atoms with Crippen molar-refractivity contribution in [1.29, 1.82) is 0 Å². The molecule has 0 bridgehead atoms. The molecular formula is C18H26O2SSi. The van der Waals surface area contributed by atoms with Crippen molar-refractivity contribution in [1.82, 2.24) is 0 Å². The van der Waals surface area contributed by atoms with Crippen LogP contribution in [0.15, 0.2) is 35.2 Å². The van der Waals surface area contributed by atoms with Crippen LogP contribution in [0.2, 0.25) is 19.6 Å². The maximum Gasteiger partial charge on any atom is 0.310 e. The molecule has 1 aromatic carbocycles. The molecular weight excluding hydrogens is 308 g/mol. The zero-order valence-electron chi connectivity index (χ0n) is 13.7. The molecule has 2 fully saturated rings. The van der Waals surface area contributed by atoms with Gasteiger partial charge in [-0.15, -0.1) is 11.8 Å². The fraction of sp³-hybridized carbons (Fsp3) is 0.611. The topological polar surface area (TPSA) is 26.3 Å². The summed E-state index contributed by atoms with van der Waals surface area (Å²) in [6.45, 7) is 7.16. The Hall–Kier alpha value is -0.743. The van der Waals surface area contributed by atoms with E-state index in [1.54, 1.807) is 0 Å². The monoisotopic (exact) mass is 334 g/mol. The molecule has 0 amide bonds. The van der Waals surface area contributed by atoms with Crippen molar-refractivity contribution in [3.63, 3.8) is 0 Å². The Morgan fingerprint density at radius 2 is 1.82 bits per heavy atom. The van der Waals surface area contributed by atoms with Crippen molar-refractivity contribution in [3.8, 4) is 0 Å². The van der Waals surface area contributed by atoms with Gasteiger partial charge in [-0.25, -0.2) is 0 Å². The molecule has 4 atom stereocenters. The lowest BCUT2D eigenvalue weighted by Crippen LogP contribution is -2.46. The summed E-state index contributed by atoms with van der Waals surface area (Å²) in [5.74, 6) is 0.629. The van der Waals surface area contributed by atoms with E-state index in [-0.39, 0.29) is 18.0 Å². The number of fused-ring (bicyclic) bond motifs is 1. The lowest BCUT2D eigenvalue weighted by molar-refractivity contribution is -0.144. The second kappa shape index (κ2) is 6.40. The van der Waals surface area contributed by atoms with Gasteiger partial charge in [-0.3, -0.25) is 4.79 Å². The van der Waals surface area contributed by atoms with Gasteiger partial charge in [0.25, 0.3) is 0 Å². The number of esters is 1. The molecule has 2 nitrogen and oxygen atoms in total. The highest BCUT2D eigenvalue weighted by atomic mass is 32.2. The van der Waals surface area contributed by atoms with Gasteiger partial charge in [0.1, 0.15) is 6.10 Å². The second-order valence-corrected chi connectivity index (χ2v) is 14.7. The van der Waals surface area contributed by atoms with Crippen molar-refractivity contribution < 1.29 is 9.53 Å². The summed E-state index contributed by atoms with van der Waals surface area (Å²) in [4.78, 5) is 14.3. The van der Waals surface area contributed by atoms with Crippen LogP contribution in [0.1, 0.15) is 25.7 Å². The molecule has 120 valence electrons. The summed E-state index contributed by atoms with van der Waals surface area (Å²) in [6, 6.07) is 10.5. The van der Waals surface area contributed by atoms with Crippen molar-refractivity contribution in [3.05, 3.63) is 30.3 Å². The first-order chi connectivity index (χ1) is 10.5. The highest BCUT2D eigenvalue weighted by molar-refractivity contribution is 8.01. The van der Waals surface area contributed by atoms with Crippen LogP contribution in [0.4, 0.5) is 0 Å². The Labute approximate surface area is 139 Å². The third-order valence-electron chi connectivity index (χ3n) is 4.94. The Balaban J connectivity index is 1.87. The largest absolute Gasteiger partial charge is 0.462 e. The number of carbonyl (C=O) groups excluding carboxylic acids is 1. The first-order valence-corrected chi connectivity index (χ1v) is 12.8. The van der Waals surface area contributed by atoms with Gasteiger partial charge in [0, 0.05) is 15.7 Å². The molecule has 2 aliphatic rings. The number of ether oxygens (including phenoxy) is 1. The van der Waals surface area contributed by atoms with Crippen LogP contribution >= 0.6 is 11.8 Å². The summed E-state index contributed by atoms with van der Waals surface area (Å²) in [7, 11) is -1.49. The molecule has 4 heteroatoms. The molecule has 2 unspecified atom stereocenters. The molecule has 1 aliphatic heterocycles. The predicted molar refractivity (Wildman–Crippen MR) is 94.8 cm³/mol. The molecule has 0 N–H and O–H groups in total. The van der Waals surface area contributed by atoms with E-state index in [1.807, 2.05) is 11.8 Å². The number of hydrogen-bond donors (Lipinski definition) is 0. The fourth-order valence-electron chi connectivity index (χ4n) is 3.87. The number of hydrogen-bond acceptors (Lipinski definition) is 3. The molecule has 3 rings (SSSR count). The molecule has 0 radical (unpaired) electrons. The van der Waals surface area contributed by atoms with Crippen LogP contribution in [-0.4, -0.2) is 25.0 Å². The van der Waals surface area contributed by atoms with Gasteiger partial charge < -0.3 is 4.74 Å². The first kappa shape index (κ1) is 16.1. The number of rotatable bonds is 4. The molecule has 1 saturated heterocycles. The lowest BCUT2D eigenvalue weighted by atomic mass is 9.81. The minimum absolute atomic E-state index is 0.0766. The number of benzene rings is 1. The molecule has 0 spiro atoms. The number of carbonyl (C=O) groups is 1. The first-order valence-electron chi connectivity index (χ1n) is 8.39. The van der Waals surface area contributed by atoms with Crippen LogP contribution in [0.5, 0.6) is 0 Å². The van der Waals surface area contributed by atoms with Gasteiger partial charge in [0.2, 0.25) is 0 Å². The average molecular weight is 335 g/mol. The standard InChI is InChI=1S/C18H26O2SSi/c1-22(2,3)18(21-13-9-5-4-6-10-13)16-14-11-7-8-12-15(14)20-17(16)19/h4-6,9-10,14-16,18H,7-8,11-12H2,1-3H3/t14-,15-,16?,18?/m1/s1. The zero-order chi connectivity index (χ0) is 15.7. The normalized spacial score (nSPS) is 29.8. The third kappa shape index (κ3) is 3.28. The maximum atomic E-state index is 12.6. The van der Waals surface area contributed by atoms with Crippen LogP contribution in [0.25, 0.3) is 0 Å². The summed E-state index contributed by atoms with van der Waals surface area (Å²) in [5, 5.41) is 0. The average Bonchev–Trinajstić information content (AvgIpc) is 2.80. The Bertz CT molecular complexity index is 526. The number of thioether (sulfide) groups is 1. The second-order valence-electron chi connectivity index (χ2n) is 7.67. The Morgan fingerprint density at radius 3 is 2.50 bits per heavy atom. The lowest BCUT2D eigenvalue weighted by Gasteiger charge is -2.35. The van der Waals surface area contributed by atoms with E-state index < -0.39 is 8.07 Å². The van der Waals surface area contributed by atoms with E-state index in [0.717, 1.165) is 12.8 Å². The molecule has 22 heavy (non-hydrogen) atoms. The van der Waals surface area contributed by atoms with E-state index in [4.69, 9.17) is 4.74 Å². The summed E-state index contributed by atoms with van der Waals surface area (Å²) in [6.07, 6.45) is 4.90. The minimum atomic E-state index is -1.49. The Kier molecular flexibility index (Phi) is 4.69. The maximum absolute atomic E-state index is 12.6. The summed E-state index contributed by atoms with van der Waals surface area (Å²) < 4.78 is 5.76. The van der Waals surface area contributed by atoms with Crippen molar-refractivity contribution in [2.75, 3.05) is 0 Å². The van der Waals surface area contributed by atoms with Crippen LogP contribution < -0.4 is 0 Å². The van der Waals surface area contributed by atoms with Crippen LogP contribution in [0, 0.1) is 11.8 Å². The smallest absolute Gasteiger partial charge is 0.310 e. The van der Waals surface area contributed by atoms with E-state index in [9.17, 15) is 4.79 Å². The molecule has 1 aromatic rings. The van der Waals surface area contributed by atoms with Crippen molar-refractivity contribution in [2.24, 2.45) is 11.8 Å². The van der Waals surface area contributed by atoms with Gasteiger partial charge in [-0.05, 0) is 31.4 Å². The highest BCUT2D eigenvalue weighted by Gasteiger charge is 2.52. The highest BCUT2D eigenvalue weighted by Crippen LogP contribution is 2.47. The van der Waals surface area contributed by atoms with E-state index in [1.165, 1.54) is 17.7 Å². The van der Waals surface area contributed by atoms with Crippen molar-refractivity contribution in [2.45, 2.75) is 61.2 Å². The predicted octanol–water partition coefficient (Wildman–Crippen LogP) is 4.76. The zero-order valence-corrected chi connectivity index (χ0v) is 15.6. The van der Waals surface area contributed by atoms with Crippen molar-refractivity contribution >= 4 is 25.8 Å². The summed E-state index contributed by atoms with van der Waals surface area (Å²) in [5.41, 5.74) is 0. The molecule has 0 aromatic heterocycles. The van der Waals surface area contributed by atoms with E-state index in [2.05, 4.69) is 50.0 Å². The fourth-order valence-corrected chi connectivity index (χ4v) is 8.22. The summed E-state index contributed by atoms with van der Waals surface area (Å²) >= 11 is 1.91. The van der Waals surface area contributed by atoms with Gasteiger partial charge in [-0.2, -0.15) is 0 Å².